The van der Waals surface area contributed by atoms with Crippen molar-refractivity contribution in [3.63, 3.8) is 0 Å². The number of carboxylic acid groups (broad SMARTS) is 1. The summed E-state index contributed by atoms with van der Waals surface area (Å²) in [6.07, 6.45) is 0. The van der Waals surface area contributed by atoms with Crippen LogP contribution in [-0.4, -0.2) is 34.8 Å². The quantitative estimate of drug-likeness (QED) is 0.460. The summed E-state index contributed by atoms with van der Waals surface area (Å²) >= 11 is 0. The molecule has 0 bridgehead atoms. The Morgan fingerprint density at radius 1 is 1.26 bits per heavy atom. The zero-order valence-corrected chi connectivity index (χ0v) is 13.7. The zero-order valence-electron chi connectivity index (χ0n) is 12.9. The van der Waals surface area contributed by atoms with Gasteiger partial charge in [-0.25, -0.2) is 13.6 Å². The number of hydrogen-bond donors (Lipinski definition) is 1. The van der Waals surface area contributed by atoms with Crippen LogP contribution in [0, 0.1) is 18.6 Å². The summed E-state index contributed by atoms with van der Waals surface area (Å²) in [5, 5.41) is 12.2. The molecule has 0 unspecified atom stereocenters. The Balaban J connectivity index is 2.78. The summed E-state index contributed by atoms with van der Waals surface area (Å²) in [7, 11) is -6.31. The predicted molar refractivity (Wildman–Crippen MR) is 77.0 cm³/mol. The van der Waals surface area contributed by atoms with Crippen LogP contribution in [-0.2, 0) is 10.1 Å². The van der Waals surface area contributed by atoms with Gasteiger partial charge in [-0.2, -0.15) is 31.4 Å². The van der Waals surface area contributed by atoms with Crippen molar-refractivity contribution in [2.24, 2.45) is 0 Å². The van der Waals surface area contributed by atoms with E-state index in [1.807, 2.05) is 0 Å². The highest BCUT2D eigenvalue weighted by atomic mass is 32.2. The van der Waals surface area contributed by atoms with Gasteiger partial charge in [0.25, 0.3) is 5.56 Å². The molecule has 1 N–H and O–H groups in total. The molecule has 0 radical (unpaired) electrons. The van der Waals surface area contributed by atoms with Crippen molar-refractivity contribution in [2.45, 2.75) is 12.4 Å². The smallest absolute Gasteiger partial charge is 0.476 e. The molecule has 0 aliphatic rings. The van der Waals surface area contributed by atoms with E-state index in [0.717, 1.165) is 13.0 Å². The van der Waals surface area contributed by atoms with Gasteiger partial charge in [0.1, 0.15) is 11.5 Å². The minimum Gasteiger partial charge on any atom is -0.476 e. The van der Waals surface area contributed by atoms with Crippen molar-refractivity contribution in [1.82, 2.24) is 9.78 Å². The van der Waals surface area contributed by atoms with Gasteiger partial charge in [-0.3, -0.25) is 4.79 Å². The number of nitrogens with zero attached hydrogens (tertiary/aromatic N) is 2. The molecule has 146 valence electrons. The van der Waals surface area contributed by atoms with Crippen molar-refractivity contribution in [2.75, 3.05) is 0 Å². The lowest BCUT2D eigenvalue weighted by Crippen LogP contribution is -2.32. The van der Waals surface area contributed by atoms with Gasteiger partial charge in [0.05, 0.1) is 5.56 Å². The Labute approximate surface area is 146 Å². The number of benzene rings is 1. The second-order valence-electron chi connectivity index (χ2n) is 4.90. The monoisotopic (exact) mass is 414 g/mol. The van der Waals surface area contributed by atoms with Crippen LogP contribution in [0.5, 0.6) is 5.75 Å². The highest BCUT2D eigenvalue weighted by Crippen LogP contribution is 2.29. The first-order valence-electron chi connectivity index (χ1n) is 6.59. The number of carboxylic acids is 1. The Morgan fingerprint density at radius 3 is 2.33 bits per heavy atom. The van der Waals surface area contributed by atoms with Crippen molar-refractivity contribution in [3.05, 3.63) is 51.4 Å². The Hall–Kier alpha value is -3.03. The number of aromatic nitrogens is 2. The van der Waals surface area contributed by atoms with Gasteiger partial charge in [0.15, 0.2) is 11.6 Å². The minimum absolute atomic E-state index is 0.126. The minimum atomic E-state index is -6.31. The zero-order chi connectivity index (χ0) is 20.7. The molecule has 0 atom stereocenters. The third-order valence-electron chi connectivity index (χ3n) is 3.09. The van der Waals surface area contributed by atoms with Gasteiger partial charge in [-0.05, 0) is 19.1 Å². The standard InChI is InChI=1S/C13H7F5N2O6S/c1-5-10(26-27(24,25)13(16,17)18)9(12(22)23)19-20(11(5)21)8-3-2-6(14)4-7(8)15/h2-4H,1H3,(H,22,23). The van der Waals surface area contributed by atoms with Crippen molar-refractivity contribution < 1.29 is 44.5 Å². The van der Waals surface area contributed by atoms with E-state index >= 15 is 0 Å². The number of rotatable bonds is 4. The summed E-state index contributed by atoms with van der Waals surface area (Å²) in [6, 6.07) is 1.77. The molecule has 0 fully saturated rings. The molecule has 0 aliphatic heterocycles. The van der Waals surface area contributed by atoms with Crippen LogP contribution in [0.4, 0.5) is 22.0 Å². The molecule has 1 heterocycles. The molecule has 0 amide bonds. The molecule has 8 nitrogen and oxygen atoms in total. The molecule has 27 heavy (non-hydrogen) atoms. The number of halogens is 5. The van der Waals surface area contributed by atoms with Crippen LogP contribution in [0.3, 0.4) is 0 Å². The maximum atomic E-state index is 13.8. The van der Waals surface area contributed by atoms with Gasteiger partial charge < -0.3 is 9.29 Å². The molecule has 14 heteroatoms. The van der Waals surface area contributed by atoms with Crippen LogP contribution >= 0.6 is 0 Å². The number of alkyl halides is 3. The fraction of sp³-hybridized carbons (Fsp3) is 0.154. The molecule has 0 spiro atoms. The summed E-state index contributed by atoms with van der Waals surface area (Å²) < 4.78 is 90.4. The molecule has 0 aliphatic carbocycles. The fourth-order valence-corrected chi connectivity index (χ4v) is 2.36. The summed E-state index contributed by atoms with van der Waals surface area (Å²) in [4.78, 5) is 23.5. The second-order valence-corrected chi connectivity index (χ2v) is 6.44. The Bertz CT molecular complexity index is 1090. The van der Waals surface area contributed by atoms with Crippen molar-refractivity contribution >= 4 is 16.1 Å². The third-order valence-corrected chi connectivity index (χ3v) is 4.04. The number of hydrogen-bond acceptors (Lipinski definition) is 6. The average molecular weight is 414 g/mol. The summed E-state index contributed by atoms with van der Waals surface area (Å²) in [6.45, 7) is 0.746. The van der Waals surface area contributed by atoms with Gasteiger partial charge >= 0.3 is 21.6 Å². The van der Waals surface area contributed by atoms with Crippen LogP contribution in [0.2, 0.25) is 0 Å². The number of carbonyl (C=O) groups is 1. The first-order valence-corrected chi connectivity index (χ1v) is 8.00. The molecular weight excluding hydrogens is 407 g/mol. The van der Waals surface area contributed by atoms with Crippen LogP contribution in [0.1, 0.15) is 16.1 Å². The van der Waals surface area contributed by atoms with E-state index in [-0.39, 0.29) is 4.68 Å². The lowest BCUT2D eigenvalue weighted by Gasteiger charge is -2.15. The first-order chi connectivity index (χ1) is 12.3. The van der Waals surface area contributed by atoms with Crippen LogP contribution in [0.15, 0.2) is 23.0 Å². The SMILES string of the molecule is Cc1c(OS(=O)(=O)C(F)(F)F)c(C(=O)O)nn(-c2ccc(F)cc2F)c1=O. The largest absolute Gasteiger partial charge is 0.534 e. The van der Waals surface area contributed by atoms with Gasteiger partial charge in [0, 0.05) is 6.07 Å². The highest BCUT2D eigenvalue weighted by Gasteiger charge is 2.49. The molecule has 2 aromatic rings. The van der Waals surface area contributed by atoms with E-state index in [1.54, 1.807) is 0 Å². The van der Waals surface area contributed by atoms with E-state index in [2.05, 4.69) is 9.28 Å². The maximum Gasteiger partial charge on any atom is 0.534 e. The van der Waals surface area contributed by atoms with Crippen LogP contribution < -0.4 is 9.74 Å². The van der Waals surface area contributed by atoms with E-state index in [1.165, 1.54) is 0 Å². The third kappa shape index (κ3) is 3.74. The molecule has 1 aromatic carbocycles. The predicted octanol–water partition coefficient (Wildman–Crippen LogP) is 1.75. The Kier molecular flexibility index (Phi) is 4.96. The van der Waals surface area contributed by atoms with Crippen molar-refractivity contribution in [3.8, 4) is 11.4 Å². The first kappa shape index (κ1) is 20.3. The average Bonchev–Trinajstić information content (AvgIpc) is 2.51. The van der Waals surface area contributed by atoms with E-state index in [4.69, 9.17) is 5.11 Å². The van der Waals surface area contributed by atoms with E-state index in [0.29, 0.717) is 12.1 Å². The lowest BCUT2D eigenvalue weighted by molar-refractivity contribution is -0.0500. The topological polar surface area (TPSA) is 116 Å². The fourth-order valence-electron chi connectivity index (χ4n) is 1.84. The summed E-state index contributed by atoms with van der Waals surface area (Å²) in [5.41, 5.74) is -10.4. The van der Waals surface area contributed by atoms with Gasteiger partial charge in [-0.15, -0.1) is 0 Å². The number of aromatic carboxylic acids is 1. The normalized spacial score (nSPS) is 12.1. The van der Waals surface area contributed by atoms with Gasteiger partial charge in [-0.1, -0.05) is 0 Å². The lowest BCUT2D eigenvalue weighted by atomic mass is 10.2. The molecule has 1 aromatic heterocycles. The Morgan fingerprint density at radius 2 is 1.85 bits per heavy atom. The molecular formula is C13H7F5N2O6S. The van der Waals surface area contributed by atoms with E-state index < -0.39 is 61.5 Å². The maximum absolute atomic E-state index is 13.8. The highest BCUT2D eigenvalue weighted by molar-refractivity contribution is 7.88. The molecule has 0 saturated carbocycles. The second kappa shape index (κ2) is 6.61. The van der Waals surface area contributed by atoms with Gasteiger partial charge in [0.2, 0.25) is 5.69 Å². The van der Waals surface area contributed by atoms with Crippen molar-refractivity contribution in [1.29, 1.82) is 0 Å². The summed E-state index contributed by atoms with van der Waals surface area (Å²) in [5.74, 6) is -5.92. The van der Waals surface area contributed by atoms with Crippen LogP contribution in [0.25, 0.3) is 5.69 Å². The van der Waals surface area contributed by atoms with E-state index in [9.17, 15) is 40.0 Å². The molecule has 0 saturated heterocycles. The molecule has 2 rings (SSSR count).